The van der Waals surface area contributed by atoms with Crippen molar-refractivity contribution in [1.82, 2.24) is 19.5 Å². The molecule has 0 spiro atoms. The molecule has 1 fully saturated rings. The zero-order valence-corrected chi connectivity index (χ0v) is 13.3. The predicted molar refractivity (Wildman–Crippen MR) is 87.1 cm³/mol. The van der Waals surface area contributed by atoms with E-state index < -0.39 is 0 Å². The summed E-state index contributed by atoms with van der Waals surface area (Å²) in [6.07, 6.45) is 3.62. The highest BCUT2D eigenvalue weighted by molar-refractivity contribution is 5.94. The molecule has 4 rings (SSSR count). The number of pyridine rings is 1. The topological polar surface area (TPSA) is 50.5 Å². The third kappa shape index (κ3) is 2.35. The maximum absolute atomic E-state index is 13.8. The predicted octanol–water partition coefficient (Wildman–Crippen LogP) is 3.15. The summed E-state index contributed by atoms with van der Waals surface area (Å²) < 4.78 is 15.7. The highest BCUT2D eigenvalue weighted by Crippen LogP contribution is 2.32. The molecule has 1 aliphatic rings. The lowest BCUT2D eigenvalue weighted by Crippen LogP contribution is -2.31. The number of amides is 1. The van der Waals surface area contributed by atoms with Crippen LogP contribution in [0.2, 0.25) is 0 Å². The van der Waals surface area contributed by atoms with Gasteiger partial charge in [0.1, 0.15) is 5.82 Å². The van der Waals surface area contributed by atoms with E-state index in [1.165, 1.54) is 6.07 Å². The number of hydrogen-bond donors (Lipinski definition) is 0. The molecule has 3 heterocycles. The Hall–Kier alpha value is -2.76. The van der Waals surface area contributed by atoms with Crippen molar-refractivity contribution < 1.29 is 9.18 Å². The first kappa shape index (κ1) is 14.8. The summed E-state index contributed by atoms with van der Waals surface area (Å²) in [5.41, 5.74) is 1.67. The van der Waals surface area contributed by atoms with Gasteiger partial charge in [-0.2, -0.15) is 0 Å². The van der Waals surface area contributed by atoms with Crippen LogP contribution < -0.4 is 0 Å². The summed E-state index contributed by atoms with van der Waals surface area (Å²) in [5, 5.41) is 8.45. The molecule has 0 bridgehead atoms. The van der Waals surface area contributed by atoms with Crippen molar-refractivity contribution in [1.29, 1.82) is 0 Å². The smallest absolute Gasteiger partial charge is 0.254 e. The van der Waals surface area contributed by atoms with Gasteiger partial charge in [0.15, 0.2) is 11.5 Å². The van der Waals surface area contributed by atoms with Crippen molar-refractivity contribution in [2.75, 3.05) is 6.54 Å². The molecular weight excluding hydrogens is 307 g/mol. The number of benzene rings is 1. The van der Waals surface area contributed by atoms with E-state index in [-0.39, 0.29) is 17.8 Å². The van der Waals surface area contributed by atoms with E-state index in [4.69, 9.17) is 0 Å². The molecule has 1 atom stereocenters. The fraction of sp³-hybridized carbons (Fsp3) is 0.278. The van der Waals surface area contributed by atoms with Gasteiger partial charge in [-0.15, -0.1) is 10.2 Å². The Morgan fingerprint density at radius 3 is 2.96 bits per heavy atom. The minimum absolute atomic E-state index is 0.140. The van der Waals surface area contributed by atoms with E-state index in [0.29, 0.717) is 17.7 Å². The van der Waals surface area contributed by atoms with E-state index in [9.17, 15) is 9.18 Å². The molecule has 0 unspecified atom stereocenters. The molecule has 6 heteroatoms. The van der Waals surface area contributed by atoms with Gasteiger partial charge in [0, 0.05) is 18.3 Å². The second kappa shape index (κ2) is 5.70. The lowest BCUT2D eigenvalue weighted by molar-refractivity contribution is 0.0728. The van der Waals surface area contributed by atoms with Crippen molar-refractivity contribution in [3.05, 3.63) is 65.4 Å². The van der Waals surface area contributed by atoms with Gasteiger partial charge in [-0.1, -0.05) is 12.1 Å². The molecule has 0 aliphatic carbocycles. The number of nitrogens with zero attached hydrogens (tertiary/aromatic N) is 4. The maximum atomic E-state index is 13.8. The largest absolute Gasteiger partial charge is 0.328 e. The molecule has 1 aliphatic heterocycles. The maximum Gasteiger partial charge on any atom is 0.254 e. The van der Waals surface area contributed by atoms with Gasteiger partial charge in [-0.05, 0) is 49.6 Å². The molecule has 0 radical (unpaired) electrons. The zero-order chi connectivity index (χ0) is 16.7. The Balaban J connectivity index is 1.69. The summed E-state index contributed by atoms with van der Waals surface area (Å²) in [4.78, 5) is 14.6. The fourth-order valence-corrected chi connectivity index (χ4v) is 3.26. The van der Waals surface area contributed by atoms with Crippen LogP contribution in [-0.4, -0.2) is 31.9 Å². The second-order valence-corrected chi connectivity index (χ2v) is 6.11. The molecule has 1 saturated heterocycles. The Labute approximate surface area is 138 Å². The summed E-state index contributed by atoms with van der Waals surface area (Å²) >= 11 is 0. The van der Waals surface area contributed by atoms with E-state index in [1.807, 2.05) is 28.8 Å². The SMILES string of the molecule is Cc1ccc(C(=O)N2CCC[C@H]2c2nnc3ccccn23)cc1F. The minimum atomic E-state index is -0.357. The standard InChI is InChI=1S/C18H17FN4O/c1-12-7-8-13(11-14(12)19)18(24)22-10-4-5-15(22)17-21-20-16-6-2-3-9-23(16)17/h2-3,6-9,11,15H,4-5,10H2,1H3/t15-/m0/s1. The number of carbonyl (C=O) groups is 1. The Kier molecular flexibility index (Phi) is 3.52. The second-order valence-electron chi connectivity index (χ2n) is 6.11. The van der Waals surface area contributed by atoms with Gasteiger partial charge < -0.3 is 4.90 Å². The van der Waals surface area contributed by atoms with Crippen molar-refractivity contribution in [2.24, 2.45) is 0 Å². The normalized spacial score (nSPS) is 17.6. The third-order valence-corrected chi connectivity index (χ3v) is 4.57. The van der Waals surface area contributed by atoms with E-state index in [0.717, 1.165) is 24.3 Å². The Morgan fingerprint density at radius 2 is 2.12 bits per heavy atom. The number of carbonyl (C=O) groups excluding carboxylic acids is 1. The van der Waals surface area contributed by atoms with Crippen LogP contribution in [0.25, 0.3) is 5.65 Å². The van der Waals surface area contributed by atoms with Gasteiger partial charge in [-0.25, -0.2) is 4.39 Å². The molecule has 5 nitrogen and oxygen atoms in total. The minimum Gasteiger partial charge on any atom is -0.328 e. The first-order valence-electron chi connectivity index (χ1n) is 8.02. The lowest BCUT2D eigenvalue weighted by Gasteiger charge is -2.23. The summed E-state index contributed by atoms with van der Waals surface area (Å²) in [6.45, 7) is 2.32. The first-order chi connectivity index (χ1) is 11.6. The first-order valence-corrected chi connectivity index (χ1v) is 8.02. The molecule has 24 heavy (non-hydrogen) atoms. The van der Waals surface area contributed by atoms with Gasteiger partial charge in [0.25, 0.3) is 5.91 Å². The van der Waals surface area contributed by atoms with Crippen LogP contribution in [0.1, 0.15) is 40.6 Å². The number of hydrogen-bond acceptors (Lipinski definition) is 3. The highest BCUT2D eigenvalue weighted by atomic mass is 19.1. The summed E-state index contributed by atoms with van der Waals surface area (Å²) in [7, 11) is 0. The van der Waals surface area contributed by atoms with Crippen LogP contribution in [0.4, 0.5) is 4.39 Å². The van der Waals surface area contributed by atoms with Gasteiger partial charge in [0.2, 0.25) is 0 Å². The van der Waals surface area contributed by atoms with Crippen molar-refractivity contribution in [3.63, 3.8) is 0 Å². The molecule has 0 N–H and O–H groups in total. The van der Waals surface area contributed by atoms with Crippen molar-refractivity contribution in [2.45, 2.75) is 25.8 Å². The number of rotatable bonds is 2. The molecule has 3 aromatic rings. The van der Waals surface area contributed by atoms with Crippen LogP contribution in [0.3, 0.4) is 0 Å². The number of halogens is 1. The summed E-state index contributed by atoms with van der Waals surface area (Å²) in [6, 6.07) is 10.2. The molecule has 1 amide bonds. The highest BCUT2D eigenvalue weighted by Gasteiger charge is 2.33. The van der Waals surface area contributed by atoms with Crippen molar-refractivity contribution >= 4 is 11.6 Å². The number of likely N-dealkylation sites (tertiary alicyclic amines) is 1. The Morgan fingerprint density at radius 1 is 1.25 bits per heavy atom. The average Bonchev–Trinajstić information content (AvgIpc) is 3.22. The molecule has 122 valence electrons. The van der Waals surface area contributed by atoms with Crippen LogP contribution in [-0.2, 0) is 0 Å². The third-order valence-electron chi connectivity index (χ3n) is 4.57. The Bertz CT molecular complexity index is 920. The molecule has 0 saturated carbocycles. The van der Waals surface area contributed by atoms with E-state index in [2.05, 4.69) is 10.2 Å². The number of aryl methyl sites for hydroxylation is 1. The molecular formula is C18H17FN4O. The summed E-state index contributed by atoms with van der Waals surface area (Å²) in [5.74, 6) is 0.234. The molecule has 2 aromatic heterocycles. The van der Waals surface area contributed by atoms with Crippen LogP contribution in [0.15, 0.2) is 42.6 Å². The van der Waals surface area contributed by atoms with Crippen LogP contribution in [0, 0.1) is 12.7 Å². The van der Waals surface area contributed by atoms with Gasteiger partial charge in [0.05, 0.1) is 6.04 Å². The fourth-order valence-electron chi connectivity index (χ4n) is 3.26. The van der Waals surface area contributed by atoms with E-state index in [1.54, 1.807) is 24.0 Å². The van der Waals surface area contributed by atoms with Crippen molar-refractivity contribution in [3.8, 4) is 0 Å². The lowest BCUT2D eigenvalue weighted by atomic mass is 10.1. The van der Waals surface area contributed by atoms with Gasteiger partial charge in [-0.3, -0.25) is 9.20 Å². The monoisotopic (exact) mass is 324 g/mol. The van der Waals surface area contributed by atoms with Gasteiger partial charge >= 0.3 is 0 Å². The van der Waals surface area contributed by atoms with E-state index >= 15 is 0 Å². The van der Waals surface area contributed by atoms with Crippen LogP contribution in [0.5, 0.6) is 0 Å². The molecule has 1 aromatic carbocycles. The zero-order valence-electron chi connectivity index (χ0n) is 13.3. The average molecular weight is 324 g/mol. The quantitative estimate of drug-likeness (QED) is 0.727. The number of aromatic nitrogens is 3. The van der Waals surface area contributed by atoms with Crippen LogP contribution >= 0.6 is 0 Å². The number of fused-ring (bicyclic) bond motifs is 1.